The predicted octanol–water partition coefficient (Wildman–Crippen LogP) is 2.38. The first kappa shape index (κ1) is 29.6. The van der Waals surface area contributed by atoms with E-state index in [1.54, 1.807) is 48.7 Å². The third kappa shape index (κ3) is 7.11. The van der Waals surface area contributed by atoms with Gasteiger partial charge in [-0.3, -0.25) is 9.71 Å². The Morgan fingerprint density at radius 1 is 1.07 bits per heavy atom. The van der Waals surface area contributed by atoms with Crippen LogP contribution in [0.4, 0.5) is 5.82 Å². The molecule has 0 amide bonds. The number of aliphatic hydroxyl groups is 1. The number of aromatic amines is 1. The van der Waals surface area contributed by atoms with Gasteiger partial charge in [-0.1, -0.05) is 42.5 Å². The van der Waals surface area contributed by atoms with E-state index in [2.05, 4.69) is 45.0 Å². The number of aromatic nitrogens is 6. The second kappa shape index (κ2) is 12.9. The van der Waals surface area contributed by atoms with Crippen LogP contribution in [0.2, 0.25) is 0 Å². The lowest BCUT2D eigenvalue weighted by molar-refractivity contribution is 0.191. The van der Waals surface area contributed by atoms with E-state index in [4.69, 9.17) is 14.2 Å². The van der Waals surface area contributed by atoms with Crippen LogP contribution in [0.25, 0.3) is 5.70 Å². The molecular weight excluding hydrogens is 578 g/mol. The molecule has 43 heavy (non-hydrogen) atoms. The predicted molar refractivity (Wildman–Crippen MR) is 156 cm³/mol. The second-order valence-corrected chi connectivity index (χ2v) is 11.0. The normalized spacial score (nSPS) is 16.4. The average molecular weight is 608 g/mol. The summed E-state index contributed by atoms with van der Waals surface area (Å²) in [4.78, 5) is 13.6. The molecule has 15 nitrogen and oxygen atoms in total. The molecule has 224 valence electrons. The number of aliphatic hydroxyl groups excluding tert-OH is 1. The number of benzene rings is 2. The number of ether oxygens (including phenoxy) is 3. The number of hydrogen-bond donors (Lipinski definition) is 4. The molecule has 4 aromatic rings. The maximum atomic E-state index is 13.3. The zero-order valence-corrected chi connectivity index (χ0v) is 24.1. The molecule has 1 aliphatic heterocycles. The van der Waals surface area contributed by atoms with Crippen LogP contribution in [0, 0.1) is 0 Å². The zero-order valence-electron chi connectivity index (χ0n) is 23.3. The van der Waals surface area contributed by atoms with Crippen molar-refractivity contribution in [2.45, 2.75) is 25.3 Å². The molecule has 16 heteroatoms. The fourth-order valence-electron chi connectivity index (χ4n) is 4.12. The Bertz CT molecular complexity index is 1720. The topological polar surface area (TPSA) is 199 Å². The fraction of sp³-hybridized carbons (Fsp3) is 0.259. The van der Waals surface area contributed by atoms with Crippen molar-refractivity contribution in [1.29, 1.82) is 0 Å². The van der Waals surface area contributed by atoms with Crippen LogP contribution >= 0.6 is 0 Å². The van der Waals surface area contributed by atoms with Gasteiger partial charge in [-0.2, -0.15) is 23.3 Å². The van der Waals surface area contributed by atoms with E-state index in [1.807, 2.05) is 25.1 Å². The Kier molecular flexibility index (Phi) is 8.89. The highest BCUT2D eigenvalue weighted by atomic mass is 32.2. The first-order valence-electron chi connectivity index (χ1n) is 13.1. The van der Waals surface area contributed by atoms with E-state index >= 15 is 0 Å². The van der Waals surface area contributed by atoms with Gasteiger partial charge in [0.2, 0.25) is 11.6 Å². The monoisotopic (exact) mass is 607 g/mol. The van der Waals surface area contributed by atoms with Gasteiger partial charge in [0.15, 0.2) is 17.3 Å². The van der Waals surface area contributed by atoms with E-state index < -0.39 is 15.6 Å². The molecule has 0 radical (unpaired) electrons. The highest BCUT2D eigenvalue weighted by Gasteiger charge is 2.34. The van der Waals surface area contributed by atoms with Crippen molar-refractivity contribution >= 4 is 27.9 Å². The number of hydrogen-bond acceptors (Lipinski definition) is 12. The summed E-state index contributed by atoms with van der Waals surface area (Å²) in [5.41, 5.74) is 0.266. The van der Waals surface area contributed by atoms with Crippen LogP contribution in [0.15, 0.2) is 65.7 Å². The van der Waals surface area contributed by atoms with E-state index in [1.165, 1.54) is 7.11 Å². The van der Waals surface area contributed by atoms with Crippen LogP contribution in [0.3, 0.4) is 0 Å². The van der Waals surface area contributed by atoms with Crippen molar-refractivity contribution in [3.05, 3.63) is 77.9 Å². The number of allylic oxidation sites excluding steroid dienone is 1. The number of nitrogens with one attached hydrogen (secondary N) is 3. The van der Waals surface area contributed by atoms with Gasteiger partial charge in [0.1, 0.15) is 18.1 Å². The van der Waals surface area contributed by atoms with E-state index in [0.717, 1.165) is 5.56 Å². The number of para-hydroxylation sites is 2. The summed E-state index contributed by atoms with van der Waals surface area (Å²) in [6.07, 6.45) is 3.78. The number of tetrazole rings is 1. The first-order valence-corrected chi connectivity index (χ1v) is 14.6. The Labute approximate surface area is 247 Å². The van der Waals surface area contributed by atoms with Gasteiger partial charge < -0.3 is 19.3 Å². The van der Waals surface area contributed by atoms with Crippen molar-refractivity contribution in [2.75, 3.05) is 25.0 Å². The van der Waals surface area contributed by atoms with Crippen LogP contribution in [0.1, 0.15) is 30.6 Å². The van der Waals surface area contributed by atoms with E-state index in [-0.39, 0.29) is 54.6 Å². The quantitative estimate of drug-likeness (QED) is 0.174. The van der Waals surface area contributed by atoms with Crippen molar-refractivity contribution in [1.82, 2.24) is 35.3 Å². The maximum Gasteiger partial charge on any atom is 0.300 e. The number of rotatable bonds is 13. The van der Waals surface area contributed by atoms with Crippen molar-refractivity contribution in [3.63, 3.8) is 0 Å². The van der Waals surface area contributed by atoms with Crippen LogP contribution < -0.4 is 23.7 Å². The van der Waals surface area contributed by atoms with Crippen LogP contribution in [-0.4, -0.2) is 70.7 Å². The summed E-state index contributed by atoms with van der Waals surface area (Å²) in [5, 5.41) is 23.5. The molecule has 0 fully saturated rings. The summed E-state index contributed by atoms with van der Waals surface area (Å²) in [6.45, 7) is 1.38. The van der Waals surface area contributed by atoms with Gasteiger partial charge in [-0.25, -0.2) is 4.98 Å². The van der Waals surface area contributed by atoms with Crippen LogP contribution in [0.5, 0.6) is 23.1 Å². The van der Waals surface area contributed by atoms with Gasteiger partial charge in [-0.05, 0) is 42.3 Å². The lowest BCUT2D eigenvalue weighted by Gasteiger charge is -2.27. The average Bonchev–Trinajstić information content (AvgIpc) is 3.56. The molecule has 0 spiro atoms. The molecule has 2 aromatic heterocycles. The molecule has 1 atom stereocenters. The zero-order chi connectivity index (χ0) is 30.3. The Hall–Kier alpha value is -4.93. The van der Waals surface area contributed by atoms with Crippen LogP contribution in [-0.2, 0) is 22.2 Å². The molecule has 2 aromatic carbocycles. The Balaban J connectivity index is 1.60. The Morgan fingerprint density at radius 2 is 1.84 bits per heavy atom. The highest BCUT2D eigenvalue weighted by Crippen LogP contribution is 2.43. The number of aliphatic imine (C=N–C) groups is 1. The van der Waals surface area contributed by atoms with Gasteiger partial charge in [0, 0.05) is 12.8 Å². The smallest absolute Gasteiger partial charge is 0.300 e. The molecular formula is C27H29N9O6S. The van der Waals surface area contributed by atoms with Gasteiger partial charge in [0.25, 0.3) is 5.88 Å². The van der Waals surface area contributed by atoms with Gasteiger partial charge in [-0.15, -0.1) is 10.2 Å². The molecule has 1 unspecified atom stereocenters. The van der Waals surface area contributed by atoms with E-state index in [9.17, 15) is 13.5 Å². The lowest BCUT2D eigenvalue weighted by Crippen LogP contribution is -2.31. The third-order valence-corrected chi connectivity index (χ3v) is 7.26. The molecule has 0 saturated carbocycles. The molecule has 0 saturated heterocycles. The molecule has 0 bridgehead atoms. The number of H-pyrrole nitrogens is 1. The third-order valence-electron chi connectivity index (χ3n) is 6.27. The van der Waals surface area contributed by atoms with Gasteiger partial charge in [0.05, 0.1) is 19.1 Å². The molecule has 3 heterocycles. The Morgan fingerprint density at radius 3 is 2.56 bits per heavy atom. The van der Waals surface area contributed by atoms with Crippen molar-refractivity contribution in [3.8, 4) is 23.1 Å². The molecule has 0 aliphatic carbocycles. The van der Waals surface area contributed by atoms with Crippen molar-refractivity contribution < 1.29 is 27.7 Å². The molecule has 5 rings (SSSR count). The maximum absolute atomic E-state index is 13.3. The first-order chi connectivity index (χ1) is 20.8. The highest BCUT2D eigenvalue weighted by molar-refractivity contribution is 7.90. The lowest BCUT2D eigenvalue weighted by atomic mass is 9.83. The standard InChI is InChI=1S/C27H29N9O6S/c1-27(12-13-28-19(16-27)23-32-35-36-33-23)26-30-24(34-43(38,39)29-17-18-8-4-3-5-9-18)22(25(31-26)41-15-14-37)42-21-11-7-6-10-20(21)40-2/h3-11,13,16,29,37H,12,14-15,17H2,1-2H3,(H,30,31,34)(H,32,33,35,36). The fourth-order valence-corrected chi connectivity index (χ4v) is 4.94. The van der Waals surface area contributed by atoms with Crippen molar-refractivity contribution in [2.24, 2.45) is 4.99 Å². The summed E-state index contributed by atoms with van der Waals surface area (Å²) in [7, 11) is -2.72. The molecule has 1 aliphatic rings. The number of anilines is 1. The number of methoxy groups -OCH3 is 1. The largest absolute Gasteiger partial charge is 0.493 e. The minimum absolute atomic E-state index is 0.0235. The minimum Gasteiger partial charge on any atom is -0.493 e. The molecule has 4 N–H and O–H groups in total. The second-order valence-electron chi connectivity index (χ2n) is 9.47. The van der Waals surface area contributed by atoms with Gasteiger partial charge >= 0.3 is 10.2 Å². The number of nitrogens with zero attached hydrogens (tertiary/aromatic N) is 6. The summed E-state index contributed by atoms with van der Waals surface area (Å²) < 4.78 is 48.9. The summed E-state index contributed by atoms with van der Waals surface area (Å²) >= 11 is 0. The minimum atomic E-state index is -4.19. The summed E-state index contributed by atoms with van der Waals surface area (Å²) in [6, 6.07) is 15.8. The SMILES string of the molecule is COc1ccccc1Oc1c(NS(=O)(=O)NCc2ccccc2)nc(C2(C)C=C(c3nn[nH]n3)N=CC2)nc1OCCO. The van der Waals surface area contributed by atoms with E-state index in [0.29, 0.717) is 17.9 Å². The summed E-state index contributed by atoms with van der Waals surface area (Å²) in [5.74, 6) is 0.623.